The summed E-state index contributed by atoms with van der Waals surface area (Å²) in [4.78, 5) is 29.6. The second-order valence-corrected chi connectivity index (χ2v) is 8.49. The molecule has 3 fully saturated rings. The van der Waals surface area contributed by atoms with Gasteiger partial charge in [0.2, 0.25) is 11.8 Å². The lowest BCUT2D eigenvalue weighted by Crippen LogP contribution is -2.53. The first-order valence-corrected chi connectivity index (χ1v) is 10.9. The molecule has 1 aromatic carbocycles. The summed E-state index contributed by atoms with van der Waals surface area (Å²) in [6.07, 6.45) is 5.97. The van der Waals surface area contributed by atoms with Crippen molar-refractivity contribution in [2.45, 2.75) is 57.0 Å². The van der Waals surface area contributed by atoms with Gasteiger partial charge in [-0.3, -0.25) is 15.0 Å². The number of rotatable bonds is 4. The Bertz CT molecular complexity index is 729. The third kappa shape index (κ3) is 4.61. The van der Waals surface area contributed by atoms with Gasteiger partial charge in [-0.1, -0.05) is 18.2 Å². The first kappa shape index (κ1) is 20.3. The molecule has 29 heavy (non-hydrogen) atoms. The van der Waals surface area contributed by atoms with Crippen LogP contribution in [0.25, 0.3) is 0 Å². The quantitative estimate of drug-likeness (QED) is 0.807. The van der Waals surface area contributed by atoms with Gasteiger partial charge in [-0.25, -0.2) is 9.82 Å². The molecule has 3 heterocycles. The molecule has 3 aliphatic heterocycles. The van der Waals surface area contributed by atoms with Gasteiger partial charge in [0.05, 0.1) is 6.42 Å². The summed E-state index contributed by atoms with van der Waals surface area (Å²) >= 11 is 0. The summed E-state index contributed by atoms with van der Waals surface area (Å²) in [6.45, 7) is 3.10. The Morgan fingerprint density at radius 2 is 1.83 bits per heavy atom. The van der Waals surface area contributed by atoms with Gasteiger partial charge >= 0.3 is 0 Å². The second kappa shape index (κ2) is 9.22. The number of hydrogen-bond acceptors (Lipinski definition) is 4. The van der Waals surface area contributed by atoms with E-state index in [-0.39, 0.29) is 36.1 Å². The number of halogens is 1. The minimum atomic E-state index is -0.309. The molecule has 3 saturated heterocycles. The van der Waals surface area contributed by atoms with Crippen molar-refractivity contribution < 1.29 is 14.0 Å². The fourth-order valence-corrected chi connectivity index (χ4v) is 5.06. The Morgan fingerprint density at radius 1 is 1.03 bits per heavy atom. The summed E-state index contributed by atoms with van der Waals surface area (Å²) in [7, 11) is 0. The Morgan fingerprint density at radius 3 is 2.55 bits per heavy atom. The van der Waals surface area contributed by atoms with Crippen molar-refractivity contribution in [3.8, 4) is 0 Å². The van der Waals surface area contributed by atoms with Crippen LogP contribution in [0.1, 0.15) is 44.1 Å². The first-order chi connectivity index (χ1) is 14.1. The van der Waals surface area contributed by atoms with Crippen LogP contribution < -0.4 is 10.9 Å². The number of benzene rings is 1. The zero-order chi connectivity index (χ0) is 20.2. The van der Waals surface area contributed by atoms with E-state index in [1.807, 2.05) is 9.80 Å². The molecule has 6 nitrogen and oxygen atoms in total. The van der Waals surface area contributed by atoms with E-state index in [9.17, 15) is 14.0 Å². The fraction of sp³-hybridized carbons (Fsp3) is 0.636. The van der Waals surface area contributed by atoms with E-state index in [0.717, 1.165) is 64.7 Å². The molecule has 0 saturated carbocycles. The average Bonchev–Trinajstić information content (AvgIpc) is 3.30. The van der Waals surface area contributed by atoms with E-state index >= 15 is 0 Å². The van der Waals surface area contributed by atoms with Crippen LogP contribution in [0.3, 0.4) is 0 Å². The Hall–Kier alpha value is -1.99. The van der Waals surface area contributed by atoms with Gasteiger partial charge in [-0.05, 0) is 56.1 Å². The number of hydrogen-bond donors (Lipinski definition) is 2. The van der Waals surface area contributed by atoms with Crippen LogP contribution in [0, 0.1) is 11.7 Å². The van der Waals surface area contributed by atoms with Gasteiger partial charge in [0.15, 0.2) is 0 Å². The molecule has 0 radical (unpaired) electrons. The number of carbonyl (C=O) groups excluding carboxylic acids is 2. The number of likely N-dealkylation sites (tertiary alicyclic amines) is 2. The standard InChI is InChI=1S/C22H31FN4O2/c23-18-6-2-1-5-17(18)15-21(28)27-12-4-3-7-20(27)16-9-13-26(14-10-16)22(29)19-8-11-24-25-19/h1-2,5-6,16,19-20,24-25H,3-4,7-15H2. The van der Waals surface area contributed by atoms with E-state index in [0.29, 0.717) is 11.5 Å². The van der Waals surface area contributed by atoms with Gasteiger partial charge in [0, 0.05) is 32.2 Å². The normalized spacial score (nSPS) is 26.0. The largest absolute Gasteiger partial charge is 0.341 e. The molecule has 2 atom stereocenters. The summed E-state index contributed by atoms with van der Waals surface area (Å²) in [5, 5.41) is 0. The van der Waals surface area contributed by atoms with Crippen LogP contribution in [-0.2, 0) is 16.0 Å². The molecule has 2 N–H and O–H groups in total. The molecule has 0 bridgehead atoms. The maximum absolute atomic E-state index is 14.0. The molecule has 2 unspecified atom stereocenters. The van der Waals surface area contributed by atoms with Gasteiger partial charge in [0.1, 0.15) is 11.9 Å². The van der Waals surface area contributed by atoms with Crippen LogP contribution >= 0.6 is 0 Å². The summed E-state index contributed by atoms with van der Waals surface area (Å²) in [5.41, 5.74) is 6.55. The predicted octanol–water partition coefficient (Wildman–Crippen LogP) is 1.85. The zero-order valence-electron chi connectivity index (χ0n) is 16.9. The van der Waals surface area contributed by atoms with Crippen molar-refractivity contribution in [1.82, 2.24) is 20.7 Å². The molecule has 0 aliphatic carbocycles. The highest BCUT2D eigenvalue weighted by molar-refractivity contribution is 5.82. The van der Waals surface area contributed by atoms with Gasteiger partial charge in [-0.15, -0.1) is 0 Å². The van der Waals surface area contributed by atoms with E-state index in [2.05, 4.69) is 10.9 Å². The predicted molar refractivity (Wildman–Crippen MR) is 108 cm³/mol. The van der Waals surface area contributed by atoms with Crippen LogP contribution in [0.15, 0.2) is 24.3 Å². The summed E-state index contributed by atoms with van der Waals surface area (Å²) in [6, 6.07) is 6.65. The number of nitrogens with zero attached hydrogens (tertiary/aromatic N) is 2. The molecular formula is C22H31FN4O2. The maximum atomic E-state index is 14.0. The molecular weight excluding hydrogens is 371 g/mol. The van der Waals surface area contributed by atoms with Crippen LogP contribution in [0.2, 0.25) is 0 Å². The third-order valence-electron chi connectivity index (χ3n) is 6.70. The van der Waals surface area contributed by atoms with Crippen LogP contribution in [0.5, 0.6) is 0 Å². The Labute approximate surface area is 171 Å². The third-order valence-corrected chi connectivity index (χ3v) is 6.70. The van der Waals surface area contributed by atoms with Crippen LogP contribution in [0.4, 0.5) is 4.39 Å². The smallest absolute Gasteiger partial charge is 0.241 e. The number of amides is 2. The minimum Gasteiger partial charge on any atom is -0.341 e. The molecule has 4 rings (SSSR count). The highest BCUT2D eigenvalue weighted by atomic mass is 19.1. The highest BCUT2D eigenvalue weighted by Gasteiger charge is 2.37. The van der Waals surface area contributed by atoms with E-state index < -0.39 is 0 Å². The lowest BCUT2D eigenvalue weighted by Gasteiger charge is -2.44. The Balaban J connectivity index is 1.36. The number of piperidine rings is 2. The molecule has 2 amide bonds. The summed E-state index contributed by atoms with van der Waals surface area (Å²) < 4.78 is 14.0. The lowest BCUT2D eigenvalue weighted by molar-refractivity contribution is -0.139. The average molecular weight is 403 g/mol. The van der Waals surface area contributed by atoms with Crippen molar-refractivity contribution in [2.75, 3.05) is 26.2 Å². The maximum Gasteiger partial charge on any atom is 0.241 e. The van der Waals surface area contributed by atoms with E-state index in [4.69, 9.17) is 0 Å². The summed E-state index contributed by atoms with van der Waals surface area (Å²) in [5.74, 6) is 0.318. The Kier molecular flexibility index (Phi) is 6.45. The van der Waals surface area contributed by atoms with Crippen molar-refractivity contribution in [3.05, 3.63) is 35.6 Å². The zero-order valence-corrected chi connectivity index (χ0v) is 16.9. The van der Waals surface area contributed by atoms with Crippen molar-refractivity contribution in [3.63, 3.8) is 0 Å². The van der Waals surface area contributed by atoms with Gasteiger partial charge < -0.3 is 9.80 Å². The molecule has 158 valence electrons. The molecule has 0 aromatic heterocycles. The van der Waals surface area contributed by atoms with Crippen molar-refractivity contribution >= 4 is 11.8 Å². The SMILES string of the molecule is O=C(C1CCNN1)N1CCC(C2CCCCN2C(=O)Cc2ccccc2F)CC1. The number of nitrogens with one attached hydrogen (secondary N) is 2. The van der Waals surface area contributed by atoms with Crippen molar-refractivity contribution in [1.29, 1.82) is 0 Å². The highest BCUT2D eigenvalue weighted by Crippen LogP contribution is 2.31. The van der Waals surface area contributed by atoms with Crippen LogP contribution in [-0.4, -0.2) is 59.9 Å². The van der Waals surface area contributed by atoms with Gasteiger partial charge in [-0.2, -0.15) is 0 Å². The first-order valence-electron chi connectivity index (χ1n) is 10.9. The van der Waals surface area contributed by atoms with Crippen molar-refractivity contribution in [2.24, 2.45) is 5.92 Å². The molecule has 3 aliphatic rings. The van der Waals surface area contributed by atoms with Gasteiger partial charge in [0.25, 0.3) is 0 Å². The fourth-order valence-electron chi connectivity index (χ4n) is 5.06. The monoisotopic (exact) mass is 402 g/mol. The number of carbonyl (C=O) groups is 2. The van der Waals surface area contributed by atoms with E-state index in [1.54, 1.807) is 18.2 Å². The minimum absolute atomic E-state index is 0.0273. The topological polar surface area (TPSA) is 64.7 Å². The lowest BCUT2D eigenvalue weighted by atomic mass is 9.83. The molecule has 0 spiro atoms. The molecule has 1 aromatic rings. The molecule has 7 heteroatoms. The number of hydrazine groups is 1. The van der Waals surface area contributed by atoms with E-state index in [1.165, 1.54) is 6.07 Å². The second-order valence-electron chi connectivity index (χ2n) is 8.49.